The fraction of sp³-hybridized carbons (Fsp3) is 0.400. The molecule has 0 bridgehead atoms. The molecule has 1 heterocycles. The summed E-state index contributed by atoms with van der Waals surface area (Å²) in [4.78, 5) is 21.1. The van der Waals surface area contributed by atoms with E-state index in [-0.39, 0.29) is 18.2 Å². The first-order chi connectivity index (χ1) is 7.99. The van der Waals surface area contributed by atoms with Gasteiger partial charge in [-0.3, -0.25) is 9.59 Å². The molecule has 0 aliphatic heterocycles. The third-order valence-corrected chi connectivity index (χ3v) is 2.10. The van der Waals surface area contributed by atoms with Gasteiger partial charge in [-0.15, -0.1) is 10.2 Å². The van der Waals surface area contributed by atoms with Gasteiger partial charge in [-0.05, 0) is 25.5 Å². The van der Waals surface area contributed by atoms with Gasteiger partial charge in [0, 0.05) is 12.5 Å². The fourth-order valence-corrected chi connectivity index (χ4v) is 1.21. The molecule has 7 heteroatoms. The predicted octanol–water partition coefficient (Wildman–Crippen LogP) is 0.241. The number of hydrogen-bond donors (Lipinski definition) is 3. The quantitative estimate of drug-likeness (QED) is 0.653. The molecule has 7 nitrogen and oxygen atoms in total. The summed E-state index contributed by atoms with van der Waals surface area (Å²) in [5.41, 5.74) is 5.11. The summed E-state index contributed by atoms with van der Waals surface area (Å²) in [6, 6.07) is 2.99. The molecule has 0 aromatic carbocycles. The molecule has 1 rings (SSSR count). The maximum atomic E-state index is 10.7. The largest absolute Gasteiger partial charge is 0.481 e. The smallest absolute Gasteiger partial charge is 0.303 e. The number of rotatable bonds is 6. The highest BCUT2D eigenvalue weighted by molar-refractivity contribution is 5.90. The van der Waals surface area contributed by atoms with Gasteiger partial charge in [0.2, 0.25) is 0 Å². The van der Waals surface area contributed by atoms with Crippen molar-refractivity contribution in [3.8, 4) is 0 Å². The summed E-state index contributed by atoms with van der Waals surface area (Å²) < 4.78 is 0. The van der Waals surface area contributed by atoms with Crippen LogP contribution in [0.15, 0.2) is 12.1 Å². The molecule has 1 amide bonds. The zero-order valence-electron chi connectivity index (χ0n) is 9.38. The number of carbonyl (C=O) groups is 2. The van der Waals surface area contributed by atoms with Crippen LogP contribution in [0.2, 0.25) is 0 Å². The third-order valence-electron chi connectivity index (χ3n) is 2.10. The lowest BCUT2D eigenvalue weighted by atomic mass is 10.2. The van der Waals surface area contributed by atoms with Crippen molar-refractivity contribution >= 4 is 17.7 Å². The molecule has 0 saturated heterocycles. The second-order valence-electron chi connectivity index (χ2n) is 3.65. The molecule has 1 aromatic heterocycles. The normalized spacial score (nSPS) is 11.8. The van der Waals surface area contributed by atoms with E-state index < -0.39 is 11.9 Å². The van der Waals surface area contributed by atoms with E-state index >= 15 is 0 Å². The van der Waals surface area contributed by atoms with E-state index in [1.165, 1.54) is 6.07 Å². The molecule has 0 spiro atoms. The minimum Gasteiger partial charge on any atom is -0.481 e. The van der Waals surface area contributed by atoms with E-state index in [1.807, 2.05) is 6.92 Å². The molecule has 0 radical (unpaired) electrons. The molecule has 1 aromatic rings. The van der Waals surface area contributed by atoms with Gasteiger partial charge in [-0.25, -0.2) is 0 Å². The SMILES string of the molecule is CC(CCC(=O)O)Nc1ccc(C(N)=O)nn1. The Bertz CT molecular complexity index is 405. The van der Waals surface area contributed by atoms with E-state index in [0.29, 0.717) is 12.2 Å². The van der Waals surface area contributed by atoms with Crippen LogP contribution in [0.4, 0.5) is 5.82 Å². The molecule has 0 aliphatic carbocycles. The number of amides is 1. The summed E-state index contributed by atoms with van der Waals surface area (Å²) in [5, 5.41) is 18.9. The number of aromatic nitrogens is 2. The van der Waals surface area contributed by atoms with Gasteiger partial charge in [0.15, 0.2) is 5.69 Å². The topological polar surface area (TPSA) is 118 Å². The maximum absolute atomic E-state index is 10.7. The lowest BCUT2D eigenvalue weighted by molar-refractivity contribution is -0.137. The van der Waals surface area contributed by atoms with Gasteiger partial charge >= 0.3 is 5.97 Å². The Morgan fingerprint density at radius 3 is 2.65 bits per heavy atom. The number of carboxylic acid groups (broad SMARTS) is 1. The highest BCUT2D eigenvalue weighted by atomic mass is 16.4. The molecule has 17 heavy (non-hydrogen) atoms. The highest BCUT2D eigenvalue weighted by Gasteiger charge is 2.07. The second kappa shape index (κ2) is 5.78. The van der Waals surface area contributed by atoms with E-state index in [9.17, 15) is 9.59 Å². The summed E-state index contributed by atoms with van der Waals surface area (Å²) in [6.45, 7) is 1.84. The number of hydrogen-bond acceptors (Lipinski definition) is 5. The second-order valence-corrected chi connectivity index (χ2v) is 3.65. The van der Waals surface area contributed by atoms with Crippen LogP contribution in [0.5, 0.6) is 0 Å². The zero-order chi connectivity index (χ0) is 12.8. The third kappa shape index (κ3) is 4.45. The first kappa shape index (κ1) is 12.9. The van der Waals surface area contributed by atoms with Crippen LogP contribution < -0.4 is 11.1 Å². The number of carboxylic acids is 1. The van der Waals surface area contributed by atoms with Crippen molar-refractivity contribution < 1.29 is 14.7 Å². The highest BCUT2D eigenvalue weighted by Crippen LogP contribution is 2.07. The lowest BCUT2D eigenvalue weighted by Crippen LogP contribution is -2.19. The van der Waals surface area contributed by atoms with E-state index in [0.717, 1.165) is 0 Å². The molecular weight excluding hydrogens is 224 g/mol. The van der Waals surface area contributed by atoms with Crippen LogP contribution in [-0.4, -0.2) is 33.2 Å². The maximum Gasteiger partial charge on any atom is 0.303 e. The number of primary amides is 1. The first-order valence-corrected chi connectivity index (χ1v) is 5.11. The van der Waals surface area contributed by atoms with Crippen LogP contribution in [-0.2, 0) is 4.79 Å². The van der Waals surface area contributed by atoms with E-state index in [4.69, 9.17) is 10.8 Å². The summed E-state index contributed by atoms with van der Waals surface area (Å²) in [6.07, 6.45) is 0.565. The predicted molar refractivity (Wildman–Crippen MR) is 60.5 cm³/mol. The number of aliphatic carboxylic acids is 1. The van der Waals surface area contributed by atoms with Gasteiger partial charge < -0.3 is 16.2 Å². The number of carbonyl (C=O) groups excluding carboxylic acids is 1. The molecule has 0 aliphatic rings. The summed E-state index contributed by atoms with van der Waals surface area (Å²) in [5.74, 6) is -0.996. The number of nitrogens with two attached hydrogens (primary N) is 1. The van der Waals surface area contributed by atoms with Crippen molar-refractivity contribution in [1.29, 1.82) is 0 Å². The van der Waals surface area contributed by atoms with Gasteiger partial charge in [-0.1, -0.05) is 0 Å². The summed E-state index contributed by atoms with van der Waals surface area (Å²) in [7, 11) is 0. The van der Waals surface area contributed by atoms with Crippen LogP contribution >= 0.6 is 0 Å². The van der Waals surface area contributed by atoms with Gasteiger partial charge in [0.05, 0.1) is 0 Å². The van der Waals surface area contributed by atoms with Crippen molar-refractivity contribution in [1.82, 2.24) is 10.2 Å². The Kier molecular flexibility index (Phi) is 4.38. The zero-order valence-corrected chi connectivity index (χ0v) is 9.38. The van der Waals surface area contributed by atoms with Crippen LogP contribution in [0.25, 0.3) is 0 Å². The average Bonchev–Trinajstić information content (AvgIpc) is 2.27. The first-order valence-electron chi connectivity index (χ1n) is 5.11. The fourth-order valence-electron chi connectivity index (χ4n) is 1.21. The average molecular weight is 238 g/mol. The Morgan fingerprint density at radius 1 is 1.47 bits per heavy atom. The molecular formula is C10H14N4O3. The molecule has 4 N–H and O–H groups in total. The Morgan fingerprint density at radius 2 is 2.18 bits per heavy atom. The monoisotopic (exact) mass is 238 g/mol. The van der Waals surface area contributed by atoms with Crippen LogP contribution in [0, 0.1) is 0 Å². The van der Waals surface area contributed by atoms with Gasteiger partial charge in [0.25, 0.3) is 5.91 Å². The number of anilines is 1. The molecule has 92 valence electrons. The number of nitrogens with zero attached hydrogens (tertiary/aromatic N) is 2. The standard InChI is InChI=1S/C10H14N4O3/c1-6(2-5-9(15)16)12-8-4-3-7(10(11)17)13-14-8/h3-4,6H,2,5H2,1H3,(H2,11,17)(H,12,14)(H,15,16). The number of nitrogens with one attached hydrogen (secondary N) is 1. The van der Waals surface area contributed by atoms with Gasteiger partial charge in [-0.2, -0.15) is 0 Å². The van der Waals surface area contributed by atoms with Gasteiger partial charge in [0.1, 0.15) is 5.82 Å². The van der Waals surface area contributed by atoms with E-state index in [1.54, 1.807) is 6.07 Å². The molecule has 1 atom stereocenters. The van der Waals surface area contributed by atoms with Crippen molar-refractivity contribution in [2.24, 2.45) is 5.73 Å². The van der Waals surface area contributed by atoms with E-state index in [2.05, 4.69) is 15.5 Å². The molecule has 0 saturated carbocycles. The Labute approximate surface area is 98.0 Å². The van der Waals surface area contributed by atoms with Crippen LogP contribution in [0.1, 0.15) is 30.3 Å². The minimum atomic E-state index is -0.839. The van der Waals surface area contributed by atoms with Crippen LogP contribution in [0.3, 0.4) is 0 Å². The van der Waals surface area contributed by atoms with Crippen molar-refractivity contribution in [3.05, 3.63) is 17.8 Å². The Hall–Kier alpha value is -2.18. The van der Waals surface area contributed by atoms with Crippen molar-refractivity contribution in [2.75, 3.05) is 5.32 Å². The summed E-state index contributed by atoms with van der Waals surface area (Å²) >= 11 is 0. The van der Waals surface area contributed by atoms with Crippen molar-refractivity contribution in [2.45, 2.75) is 25.8 Å². The Balaban J connectivity index is 2.51. The lowest BCUT2D eigenvalue weighted by Gasteiger charge is -2.12. The van der Waals surface area contributed by atoms with Crippen molar-refractivity contribution in [3.63, 3.8) is 0 Å². The minimum absolute atomic E-state index is 0.0418. The molecule has 0 fully saturated rings. The molecule has 1 unspecified atom stereocenters.